The molecule has 1 amide bonds. The van der Waals surface area contributed by atoms with Crippen molar-refractivity contribution in [3.63, 3.8) is 0 Å². The van der Waals surface area contributed by atoms with E-state index < -0.39 is 10.0 Å². The van der Waals surface area contributed by atoms with E-state index in [2.05, 4.69) is 5.32 Å². The number of ether oxygens (including phenoxy) is 2. The van der Waals surface area contributed by atoms with Crippen LogP contribution >= 0.6 is 0 Å². The van der Waals surface area contributed by atoms with Crippen molar-refractivity contribution in [3.05, 3.63) is 53.8 Å². The number of sulfonamides is 1. The van der Waals surface area contributed by atoms with Gasteiger partial charge in [0.25, 0.3) is 0 Å². The molecule has 2 aromatic rings. The monoisotopic (exact) mass is 422 g/mol. The zero-order valence-corrected chi connectivity index (χ0v) is 16.9. The Labute approximate surface area is 169 Å². The minimum Gasteiger partial charge on any atom is -0.486 e. The highest BCUT2D eigenvalue weighted by atomic mass is 32.2. The van der Waals surface area contributed by atoms with Gasteiger partial charge < -0.3 is 14.8 Å². The van der Waals surface area contributed by atoms with Crippen molar-refractivity contribution < 1.29 is 27.1 Å². The van der Waals surface area contributed by atoms with Crippen LogP contribution < -0.4 is 19.1 Å². The molecule has 0 bridgehead atoms. The number of halogens is 1. The lowest BCUT2D eigenvalue weighted by Crippen LogP contribution is -2.32. The van der Waals surface area contributed by atoms with E-state index in [0.29, 0.717) is 42.4 Å². The van der Waals surface area contributed by atoms with Crippen LogP contribution in [-0.2, 0) is 21.4 Å². The van der Waals surface area contributed by atoms with E-state index in [0.717, 1.165) is 6.26 Å². The predicted molar refractivity (Wildman–Crippen MR) is 107 cm³/mol. The number of benzene rings is 2. The summed E-state index contributed by atoms with van der Waals surface area (Å²) in [7, 11) is -3.55. The fraction of sp³-hybridized carbons (Fsp3) is 0.350. The van der Waals surface area contributed by atoms with Gasteiger partial charge in [0.2, 0.25) is 15.9 Å². The topological polar surface area (TPSA) is 84.9 Å². The molecule has 0 atom stereocenters. The van der Waals surface area contributed by atoms with Gasteiger partial charge in [-0.2, -0.15) is 0 Å². The molecule has 3 rings (SSSR count). The van der Waals surface area contributed by atoms with Gasteiger partial charge in [-0.05, 0) is 24.6 Å². The number of hydrogen-bond acceptors (Lipinski definition) is 5. The molecule has 0 saturated heterocycles. The number of nitrogens with one attached hydrogen (secondary N) is 1. The summed E-state index contributed by atoms with van der Waals surface area (Å²) in [6.07, 6.45) is 1.54. The number of amides is 1. The van der Waals surface area contributed by atoms with Crippen LogP contribution in [0.3, 0.4) is 0 Å². The second kappa shape index (κ2) is 9.13. The summed E-state index contributed by atoms with van der Waals surface area (Å²) < 4.78 is 50.3. The largest absolute Gasteiger partial charge is 0.486 e. The molecular weight excluding hydrogens is 399 g/mol. The molecule has 9 heteroatoms. The van der Waals surface area contributed by atoms with E-state index in [-0.39, 0.29) is 31.2 Å². The maximum atomic E-state index is 13.6. The molecule has 1 N–H and O–H groups in total. The summed E-state index contributed by atoms with van der Waals surface area (Å²) in [5.74, 6) is 0.407. The lowest BCUT2D eigenvalue weighted by molar-refractivity contribution is -0.121. The minimum atomic E-state index is -3.55. The van der Waals surface area contributed by atoms with E-state index in [4.69, 9.17) is 9.47 Å². The van der Waals surface area contributed by atoms with E-state index in [1.54, 1.807) is 36.4 Å². The van der Waals surface area contributed by atoms with Crippen molar-refractivity contribution in [1.29, 1.82) is 0 Å². The third-order valence-corrected chi connectivity index (χ3v) is 5.61. The van der Waals surface area contributed by atoms with Gasteiger partial charge in [-0.15, -0.1) is 0 Å². The normalized spacial score (nSPS) is 13.0. The van der Waals surface area contributed by atoms with Crippen LogP contribution in [0.15, 0.2) is 42.5 Å². The summed E-state index contributed by atoms with van der Waals surface area (Å²) >= 11 is 0. The zero-order chi connectivity index (χ0) is 20.9. The molecule has 7 nitrogen and oxygen atoms in total. The van der Waals surface area contributed by atoms with Crippen LogP contribution in [0.25, 0.3) is 0 Å². The molecule has 0 spiro atoms. The highest BCUT2D eigenvalue weighted by molar-refractivity contribution is 7.92. The molecular formula is C20H23FN2O5S. The Morgan fingerprint density at radius 3 is 2.59 bits per heavy atom. The van der Waals surface area contributed by atoms with Crippen LogP contribution in [0.5, 0.6) is 11.5 Å². The van der Waals surface area contributed by atoms with Crippen molar-refractivity contribution in [1.82, 2.24) is 5.32 Å². The van der Waals surface area contributed by atoms with Gasteiger partial charge in [0.05, 0.1) is 11.9 Å². The summed E-state index contributed by atoms with van der Waals surface area (Å²) in [6.45, 7) is 1.07. The molecule has 0 saturated carbocycles. The van der Waals surface area contributed by atoms with Gasteiger partial charge in [0.15, 0.2) is 11.5 Å². The Morgan fingerprint density at radius 2 is 1.86 bits per heavy atom. The van der Waals surface area contributed by atoms with E-state index in [1.807, 2.05) is 0 Å². The number of hydrogen-bond donors (Lipinski definition) is 1. The summed E-state index contributed by atoms with van der Waals surface area (Å²) in [4.78, 5) is 12.0. The van der Waals surface area contributed by atoms with Gasteiger partial charge >= 0.3 is 0 Å². The van der Waals surface area contributed by atoms with Gasteiger partial charge in [0.1, 0.15) is 19.0 Å². The summed E-state index contributed by atoms with van der Waals surface area (Å²) in [5.41, 5.74) is 0.846. The molecule has 2 aromatic carbocycles. The molecule has 1 heterocycles. The summed E-state index contributed by atoms with van der Waals surface area (Å²) in [5, 5.41) is 2.65. The number of fused-ring (bicyclic) bond motifs is 1. The van der Waals surface area contributed by atoms with Gasteiger partial charge in [-0.1, -0.05) is 18.2 Å². The third kappa shape index (κ3) is 5.60. The van der Waals surface area contributed by atoms with Gasteiger partial charge in [0, 0.05) is 31.1 Å². The SMILES string of the molecule is CS(=O)(=O)N(CCCC(=O)NCc1ccccc1F)c1ccc2c(c1)OCCO2. The van der Waals surface area contributed by atoms with Crippen molar-refractivity contribution in [2.45, 2.75) is 19.4 Å². The first-order valence-corrected chi connectivity index (χ1v) is 11.1. The maximum Gasteiger partial charge on any atom is 0.232 e. The summed E-state index contributed by atoms with van der Waals surface area (Å²) in [6, 6.07) is 11.1. The van der Waals surface area contributed by atoms with Crippen LogP contribution in [0.1, 0.15) is 18.4 Å². The first kappa shape index (κ1) is 20.9. The Morgan fingerprint density at radius 1 is 1.14 bits per heavy atom. The van der Waals surface area contributed by atoms with Crippen molar-refractivity contribution in [3.8, 4) is 11.5 Å². The van der Waals surface area contributed by atoms with Crippen LogP contribution in [0.2, 0.25) is 0 Å². The molecule has 0 unspecified atom stereocenters. The molecule has 0 aromatic heterocycles. The number of carbonyl (C=O) groups excluding carboxylic acids is 1. The molecule has 0 fully saturated rings. The predicted octanol–water partition coefficient (Wildman–Crippen LogP) is 2.46. The lowest BCUT2D eigenvalue weighted by Gasteiger charge is -2.25. The van der Waals surface area contributed by atoms with Crippen molar-refractivity contribution in [2.75, 3.05) is 30.3 Å². The number of carbonyl (C=O) groups is 1. The highest BCUT2D eigenvalue weighted by Gasteiger charge is 2.21. The third-order valence-electron chi connectivity index (χ3n) is 4.41. The molecule has 1 aliphatic rings. The number of nitrogens with zero attached hydrogens (tertiary/aromatic N) is 1. The van der Waals surface area contributed by atoms with Crippen LogP contribution in [0.4, 0.5) is 10.1 Å². The van der Waals surface area contributed by atoms with Gasteiger partial charge in [-0.25, -0.2) is 12.8 Å². The fourth-order valence-electron chi connectivity index (χ4n) is 2.98. The number of anilines is 1. The Bertz CT molecular complexity index is 981. The van der Waals surface area contributed by atoms with E-state index in [9.17, 15) is 17.6 Å². The molecule has 0 radical (unpaired) electrons. The fourth-order valence-corrected chi connectivity index (χ4v) is 3.94. The Hall–Kier alpha value is -2.81. The standard InChI is InChI=1S/C20H23FN2O5S/c1-29(25,26)23(16-8-9-18-19(13-16)28-12-11-27-18)10-4-7-20(24)22-14-15-5-2-3-6-17(15)21/h2-3,5-6,8-9,13H,4,7,10-12,14H2,1H3,(H,22,24). The van der Waals surface area contributed by atoms with E-state index in [1.165, 1.54) is 10.4 Å². The Kier molecular flexibility index (Phi) is 6.58. The van der Waals surface area contributed by atoms with Crippen LogP contribution in [-0.4, -0.2) is 40.3 Å². The first-order valence-electron chi connectivity index (χ1n) is 9.22. The highest BCUT2D eigenvalue weighted by Crippen LogP contribution is 2.34. The smallest absolute Gasteiger partial charge is 0.232 e. The lowest BCUT2D eigenvalue weighted by atomic mass is 10.2. The van der Waals surface area contributed by atoms with Gasteiger partial charge in [-0.3, -0.25) is 9.10 Å². The molecule has 1 aliphatic heterocycles. The molecule has 0 aliphatic carbocycles. The van der Waals surface area contributed by atoms with E-state index >= 15 is 0 Å². The second-order valence-corrected chi connectivity index (χ2v) is 8.54. The van der Waals surface area contributed by atoms with Crippen molar-refractivity contribution >= 4 is 21.6 Å². The zero-order valence-electron chi connectivity index (χ0n) is 16.1. The average Bonchev–Trinajstić information content (AvgIpc) is 2.69. The first-order chi connectivity index (χ1) is 13.8. The molecule has 29 heavy (non-hydrogen) atoms. The average molecular weight is 422 g/mol. The quantitative estimate of drug-likeness (QED) is 0.706. The second-order valence-electron chi connectivity index (χ2n) is 6.63. The minimum absolute atomic E-state index is 0.0868. The molecule has 156 valence electrons. The number of rotatable bonds is 8. The maximum absolute atomic E-state index is 13.6. The Balaban J connectivity index is 1.57. The van der Waals surface area contributed by atoms with Crippen molar-refractivity contribution in [2.24, 2.45) is 0 Å². The van der Waals surface area contributed by atoms with Crippen LogP contribution in [0, 0.1) is 5.82 Å².